The number of carbonyl (C=O) groups excluding carboxylic acids is 2. The molecule has 1 N–H and O–H groups in total. The quantitative estimate of drug-likeness (QED) is 0.836. The van der Waals surface area contributed by atoms with Gasteiger partial charge in [0.2, 0.25) is 11.8 Å². The molecule has 0 aromatic heterocycles. The van der Waals surface area contributed by atoms with Gasteiger partial charge in [-0.1, -0.05) is 26.0 Å². The molecule has 2 amide bonds. The average Bonchev–Trinajstić information content (AvgIpc) is 2.61. The topological polar surface area (TPSA) is 58.6 Å². The summed E-state index contributed by atoms with van der Waals surface area (Å²) in [5.41, 5.74) is 0.775. The first-order chi connectivity index (χ1) is 12.3. The molecule has 0 saturated carbocycles. The van der Waals surface area contributed by atoms with E-state index < -0.39 is 12.7 Å². The van der Waals surface area contributed by atoms with Gasteiger partial charge >= 0.3 is 6.61 Å². The molecule has 26 heavy (non-hydrogen) atoms. The van der Waals surface area contributed by atoms with Gasteiger partial charge in [-0.25, -0.2) is 0 Å². The van der Waals surface area contributed by atoms with Crippen LogP contribution in [0.3, 0.4) is 0 Å². The minimum absolute atomic E-state index is 0.00833. The predicted molar refractivity (Wildman–Crippen MR) is 93.8 cm³/mol. The van der Waals surface area contributed by atoms with Crippen LogP contribution in [0.1, 0.15) is 51.6 Å². The van der Waals surface area contributed by atoms with Crippen LogP contribution in [0.2, 0.25) is 0 Å². The maximum absolute atomic E-state index is 12.7. The summed E-state index contributed by atoms with van der Waals surface area (Å²) in [6.07, 6.45) is 2.47. The predicted octanol–water partition coefficient (Wildman–Crippen LogP) is 3.50. The molecule has 1 aliphatic heterocycles. The van der Waals surface area contributed by atoms with Crippen molar-refractivity contribution in [1.82, 2.24) is 10.2 Å². The van der Waals surface area contributed by atoms with Crippen molar-refractivity contribution in [2.24, 2.45) is 5.92 Å². The molecule has 1 aliphatic rings. The number of hydrogen-bond acceptors (Lipinski definition) is 3. The van der Waals surface area contributed by atoms with Crippen molar-refractivity contribution in [3.8, 4) is 5.75 Å². The van der Waals surface area contributed by atoms with E-state index in [0.717, 1.165) is 18.4 Å². The van der Waals surface area contributed by atoms with Crippen LogP contribution in [0, 0.1) is 5.92 Å². The zero-order chi connectivity index (χ0) is 19.3. The van der Waals surface area contributed by atoms with Crippen LogP contribution < -0.4 is 10.1 Å². The summed E-state index contributed by atoms with van der Waals surface area (Å²) < 4.78 is 28.7. The van der Waals surface area contributed by atoms with Crippen LogP contribution in [0.4, 0.5) is 8.78 Å². The Balaban J connectivity index is 2.01. The molecule has 1 fully saturated rings. The van der Waals surface area contributed by atoms with Crippen LogP contribution in [0.15, 0.2) is 24.3 Å². The van der Waals surface area contributed by atoms with E-state index in [1.807, 2.05) is 20.8 Å². The number of likely N-dealkylation sites (tertiary alicyclic amines) is 1. The number of piperidine rings is 1. The van der Waals surface area contributed by atoms with Gasteiger partial charge in [0.05, 0.1) is 6.04 Å². The Hall–Kier alpha value is -2.18. The number of nitrogens with zero attached hydrogens (tertiary/aromatic N) is 1. The van der Waals surface area contributed by atoms with Crippen molar-refractivity contribution in [2.75, 3.05) is 6.54 Å². The number of nitrogens with one attached hydrogen (secondary N) is 1. The minimum atomic E-state index is -2.87. The van der Waals surface area contributed by atoms with E-state index in [0.29, 0.717) is 13.0 Å². The molecule has 1 aromatic rings. The van der Waals surface area contributed by atoms with Crippen LogP contribution in [-0.4, -0.2) is 35.9 Å². The summed E-state index contributed by atoms with van der Waals surface area (Å²) in [5, 5.41) is 2.93. The Morgan fingerprint density at radius 2 is 1.81 bits per heavy atom. The summed E-state index contributed by atoms with van der Waals surface area (Å²) in [7, 11) is 0. The zero-order valence-electron chi connectivity index (χ0n) is 15.4. The Morgan fingerprint density at radius 1 is 1.15 bits per heavy atom. The molecule has 144 valence electrons. The first-order valence-corrected chi connectivity index (χ1v) is 8.95. The van der Waals surface area contributed by atoms with Crippen molar-refractivity contribution in [3.05, 3.63) is 29.8 Å². The summed E-state index contributed by atoms with van der Waals surface area (Å²) >= 11 is 0. The van der Waals surface area contributed by atoms with Gasteiger partial charge in [-0.15, -0.1) is 0 Å². The molecular formula is C19H26F2N2O3. The van der Waals surface area contributed by atoms with Gasteiger partial charge in [0, 0.05) is 12.5 Å². The van der Waals surface area contributed by atoms with E-state index in [-0.39, 0.29) is 29.5 Å². The average molecular weight is 368 g/mol. The Bertz CT molecular complexity index is 620. The Labute approximate surface area is 152 Å². The fraction of sp³-hybridized carbons (Fsp3) is 0.579. The molecule has 2 atom stereocenters. The van der Waals surface area contributed by atoms with E-state index in [9.17, 15) is 18.4 Å². The number of halogens is 2. The second kappa shape index (κ2) is 8.96. The number of alkyl halides is 2. The van der Waals surface area contributed by atoms with Gasteiger partial charge < -0.3 is 15.0 Å². The SMILES string of the molecule is CC(C)C(=O)N1CCCCC1C(=O)NC(C)c1ccc(OC(F)F)cc1. The third-order valence-electron chi connectivity index (χ3n) is 4.55. The molecule has 5 nitrogen and oxygen atoms in total. The highest BCUT2D eigenvalue weighted by atomic mass is 19.3. The lowest BCUT2D eigenvalue weighted by Crippen LogP contribution is -2.53. The maximum atomic E-state index is 12.7. The first-order valence-electron chi connectivity index (χ1n) is 8.95. The largest absolute Gasteiger partial charge is 0.435 e. The lowest BCUT2D eigenvalue weighted by molar-refractivity contribution is -0.144. The van der Waals surface area contributed by atoms with Gasteiger partial charge in [-0.05, 0) is 43.9 Å². The highest BCUT2D eigenvalue weighted by Crippen LogP contribution is 2.22. The van der Waals surface area contributed by atoms with Gasteiger partial charge in [0.1, 0.15) is 11.8 Å². The molecule has 1 heterocycles. The fourth-order valence-corrected chi connectivity index (χ4v) is 3.13. The number of amides is 2. The van der Waals surface area contributed by atoms with Gasteiger partial charge in [-0.3, -0.25) is 9.59 Å². The van der Waals surface area contributed by atoms with Gasteiger partial charge in [0.15, 0.2) is 0 Å². The van der Waals surface area contributed by atoms with Crippen molar-refractivity contribution >= 4 is 11.8 Å². The Kier molecular flexibility index (Phi) is 6.94. The minimum Gasteiger partial charge on any atom is -0.435 e. The number of ether oxygens (including phenoxy) is 1. The molecule has 1 saturated heterocycles. The van der Waals surface area contributed by atoms with Crippen molar-refractivity contribution in [1.29, 1.82) is 0 Å². The molecule has 0 spiro atoms. The van der Waals surface area contributed by atoms with E-state index in [2.05, 4.69) is 10.1 Å². The van der Waals surface area contributed by atoms with Crippen molar-refractivity contribution in [2.45, 2.75) is 58.7 Å². The molecule has 1 aromatic carbocycles. The monoisotopic (exact) mass is 368 g/mol. The number of rotatable bonds is 6. The highest BCUT2D eigenvalue weighted by Gasteiger charge is 2.33. The second-order valence-corrected chi connectivity index (χ2v) is 6.88. The number of carbonyl (C=O) groups is 2. The molecule has 0 aliphatic carbocycles. The Morgan fingerprint density at radius 3 is 2.38 bits per heavy atom. The molecule has 0 bridgehead atoms. The van der Waals surface area contributed by atoms with E-state index in [4.69, 9.17) is 0 Å². The molecule has 0 radical (unpaired) electrons. The van der Waals surface area contributed by atoms with Crippen LogP contribution in [0.5, 0.6) is 5.75 Å². The van der Waals surface area contributed by atoms with Crippen molar-refractivity contribution in [3.63, 3.8) is 0 Å². The molecule has 7 heteroatoms. The first kappa shape index (κ1) is 20.1. The van der Waals surface area contributed by atoms with Crippen molar-refractivity contribution < 1.29 is 23.1 Å². The lowest BCUT2D eigenvalue weighted by Gasteiger charge is -2.36. The third-order valence-corrected chi connectivity index (χ3v) is 4.55. The highest BCUT2D eigenvalue weighted by molar-refractivity contribution is 5.88. The molecular weight excluding hydrogens is 342 g/mol. The van der Waals surface area contributed by atoms with Gasteiger partial charge in [-0.2, -0.15) is 8.78 Å². The summed E-state index contributed by atoms with van der Waals surface area (Å²) in [5.74, 6) is -0.267. The summed E-state index contributed by atoms with van der Waals surface area (Å²) in [4.78, 5) is 26.7. The smallest absolute Gasteiger partial charge is 0.387 e. The molecule has 2 unspecified atom stereocenters. The number of benzene rings is 1. The third kappa shape index (κ3) is 5.16. The second-order valence-electron chi connectivity index (χ2n) is 6.88. The van der Waals surface area contributed by atoms with Gasteiger partial charge in [0.25, 0.3) is 0 Å². The van der Waals surface area contributed by atoms with E-state index >= 15 is 0 Å². The van der Waals surface area contributed by atoms with Crippen LogP contribution >= 0.6 is 0 Å². The maximum Gasteiger partial charge on any atom is 0.387 e. The lowest BCUT2D eigenvalue weighted by atomic mass is 9.98. The van der Waals surface area contributed by atoms with E-state index in [1.165, 1.54) is 12.1 Å². The van der Waals surface area contributed by atoms with Crippen LogP contribution in [-0.2, 0) is 9.59 Å². The summed E-state index contributed by atoms with van der Waals surface area (Å²) in [6.45, 7) is 3.21. The zero-order valence-corrected chi connectivity index (χ0v) is 15.4. The number of hydrogen-bond donors (Lipinski definition) is 1. The van der Waals surface area contributed by atoms with Crippen LogP contribution in [0.25, 0.3) is 0 Å². The fourth-order valence-electron chi connectivity index (χ4n) is 3.13. The van der Waals surface area contributed by atoms with E-state index in [1.54, 1.807) is 17.0 Å². The summed E-state index contributed by atoms with van der Waals surface area (Å²) in [6, 6.07) is 5.41. The molecule has 2 rings (SSSR count). The standard InChI is InChI=1S/C19H26F2N2O3/c1-12(2)18(25)23-11-5-4-6-16(23)17(24)22-13(3)14-7-9-15(10-8-14)26-19(20)21/h7-10,12-13,16,19H,4-6,11H2,1-3H3,(H,22,24). The normalized spacial score (nSPS) is 18.7.